The summed E-state index contributed by atoms with van der Waals surface area (Å²) in [5.74, 6) is 2.48. The Hall–Kier alpha value is -3.93. The van der Waals surface area contributed by atoms with Crippen LogP contribution in [0.25, 0.3) is 11.1 Å². The van der Waals surface area contributed by atoms with E-state index in [0.29, 0.717) is 56.0 Å². The molecule has 0 aliphatic carbocycles. The van der Waals surface area contributed by atoms with Crippen molar-refractivity contribution in [3.05, 3.63) is 77.6 Å². The fourth-order valence-electron chi connectivity index (χ4n) is 4.80. The Kier molecular flexibility index (Phi) is 7.18. The van der Waals surface area contributed by atoms with Gasteiger partial charge in [-0.25, -0.2) is 18.4 Å². The normalized spacial score (nSPS) is 15.8. The van der Waals surface area contributed by atoms with Crippen LogP contribution in [0.4, 0.5) is 29.0 Å². The number of aromatic nitrogens is 3. The summed E-state index contributed by atoms with van der Waals surface area (Å²) in [6.45, 7) is 2.62. The summed E-state index contributed by atoms with van der Waals surface area (Å²) in [5, 5.41) is 6.97. The van der Waals surface area contributed by atoms with E-state index in [1.165, 1.54) is 10.6 Å². The fraction of sp³-hybridized carbons (Fsp3) is 0.250. The van der Waals surface area contributed by atoms with Crippen molar-refractivity contribution in [3.8, 4) is 16.9 Å². The Morgan fingerprint density at radius 3 is 2.52 bits per heavy atom. The molecule has 2 aliphatic rings. The highest BCUT2D eigenvalue weighted by Crippen LogP contribution is 2.30. The van der Waals surface area contributed by atoms with E-state index < -0.39 is 10.0 Å². The van der Waals surface area contributed by atoms with Gasteiger partial charge in [0.1, 0.15) is 16.6 Å². The van der Waals surface area contributed by atoms with Gasteiger partial charge in [0.25, 0.3) is 0 Å². The second-order valence-electron chi connectivity index (χ2n) is 9.74. The molecule has 12 heteroatoms. The fourth-order valence-corrected chi connectivity index (χ4v) is 5.76. The van der Waals surface area contributed by atoms with E-state index in [2.05, 4.69) is 37.6 Å². The molecular weight excluding hydrogens is 550 g/mol. The first-order valence-corrected chi connectivity index (χ1v) is 15.1. The topological polar surface area (TPSA) is 113 Å². The van der Waals surface area contributed by atoms with Crippen LogP contribution in [-0.4, -0.2) is 66.7 Å². The number of hydrogen-bond donors (Lipinski definition) is 2. The van der Waals surface area contributed by atoms with Crippen molar-refractivity contribution in [3.63, 3.8) is 0 Å². The Balaban J connectivity index is 1.27. The molecule has 1 fully saturated rings. The van der Waals surface area contributed by atoms with Crippen molar-refractivity contribution in [2.24, 2.45) is 0 Å². The van der Waals surface area contributed by atoms with Gasteiger partial charge >= 0.3 is 0 Å². The standard InChI is InChI=1S/C28H28ClN7O3S/c1-40(37,38)36-10-8-35(9-11-36)26-6-5-20(17-30-26)21-13-19-7-12-39-24-4-2-3-22(16-24)32-27-25(29)18-31-28(34-27)33-23(14-19)15-21/h2-6,13-18H,7-12H2,1H3,(H2,31,32,33,34). The van der Waals surface area contributed by atoms with Gasteiger partial charge in [0.15, 0.2) is 5.82 Å². The molecule has 2 aliphatic heterocycles. The number of halogens is 1. The Labute approximate surface area is 238 Å². The lowest BCUT2D eigenvalue weighted by atomic mass is 10.0. The van der Waals surface area contributed by atoms with Crippen LogP contribution in [0, 0.1) is 0 Å². The molecule has 0 spiro atoms. The molecule has 40 heavy (non-hydrogen) atoms. The maximum absolute atomic E-state index is 11.8. The Bertz CT molecular complexity index is 1640. The maximum atomic E-state index is 11.8. The van der Waals surface area contributed by atoms with Gasteiger partial charge in [-0.3, -0.25) is 0 Å². The quantitative estimate of drug-likeness (QED) is 0.358. The molecule has 2 N–H and O–H groups in total. The van der Waals surface area contributed by atoms with Crippen molar-refractivity contribution in [1.29, 1.82) is 0 Å². The lowest BCUT2D eigenvalue weighted by Gasteiger charge is -2.34. The largest absolute Gasteiger partial charge is 0.493 e. The number of nitrogens with one attached hydrogen (secondary N) is 2. The highest BCUT2D eigenvalue weighted by molar-refractivity contribution is 7.88. The third kappa shape index (κ3) is 5.96. The third-order valence-electron chi connectivity index (χ3n) is 6.86. The second-order valence-corrected chi connectivity index (χ2v) is 12.1. The van der Waals surface area contributed by atoms with E-state index in [1.54, 1.807) is 6.20 Å². The van der Waals surface area contributed by atoms with Gasteiger partial charge in [-0.2, -0.15) is 9.29 Å². The van der Waals surface area contributed by atoms with E-state index in [1.807, 2.05) is 48.7 Å². The van der Waals surface area contributed by atoms with E-state index in [0.717, 1.165) is 39.6 Å². The number of anilines is 5. The monoisotopic (exact) mass is 577 g/mol. The predicted molar refractivity (Wildman–Crippen MR) is 158 cm³/mol. The van der Waals surface area contributed by atoms with Crippen LogP contribution < -0.4 is 20.3 Å². The SMILES string of the molecule is CS(=O)(=O)N1CCN(c2ccc(-c3cc4cc(c3)Nc3ncc(Cl)c(n3)Nc3cccc(c3)OCC4)cn2)CC1. The molecule has 0 amide bonds. The van der Waals surface area contributed by atoms with Gasteiger partial charge in [-0.15, -0.1) is 0 Å². The molecule has 0 saturated carbocycles. The minimum absolute atomic E-state index is 0.405. The van der Waals surface area contributed by atoms with Gasteiger partial charge in [-0.05, 0) is 47.5 Å². The molecule has 6 bridgehead atoms. The minimum atomic E-state index is -3.18. The van der Waals surface area contributed by atoms with E-state index in [9.17, 15) is 8.42 Å². The van der Waals surface area contributed by atoms with Crippen molar-refractivity contribution < 1.29 is 13.2 Å². The van der Waals surface area contributed by atoms with Crippen molar-refractivity contribution >= 4 is 50.6 Å². The zero-order valence-electron chi connectivity index (χ0n) is 21.8. The van der Waals surface area contributed by atoms with E-state index in [-0.39, 0.29) is 0 Å². The smallest absolute Gasteiger partial charge is 0.229 e. The molecule has 2 aromatic heterocycles. The molecule has 206 valence electrons. The maximum Gasteiger partial charge on any atom is 0.229 e. The number of sulfonamides is 1. The van der Waals surface area contributed by atoms with Crippen molar-refractivity contribution in [2.75, 3.05) is 54.6 Å². The second kappa shape index (κ2) is 10.9. The number of benzene rings is 2. The predicted octanol–water partition coefficient (Wildman–Crippen LogP) is 4.70. The molecule has 0 radical (unpaired) electrons. The number of fused-ring (bicyclic) bond motifs is 6. The van der Waals surface area contributed by atoms with Crippen LogP contribution in [0.2, 0.25) is 5.02 Å². The highest BCUT2D eigenvalue weighted by Gasteiger charge is 2.24. The van der Waals surface area contributed by atoms with E-state index >= 15 is 0 Å². The minimum Gasteiger partial charge on any atom is -0.493 e. The number of rotatable bonds is 3. The summed E-state index contributed by atoms with van der Waals surface area (Å²) in [5.41, 5.74) is 4.67. The lowest BCUT2D eigenvalue weighted by molar-refractivity contribution is 0.322. The van der Waals surface area contributed by atoms with Gasteiger partial charge in [0, 0.05) is 61.8 Å². The van der Waals surface area contributed by atoms with Gasteiger partial charge in [-0.1, -0.05) is 23.7 Å². The number of nitrogens with zero attached hydrogens (tertiary/aromatic N) is 5. The lowest BCUT2D eigenvalue weighted by Crippen LogP contribution is -2.48. The molecule has 1 saturated heterocycles. The summed E-state index contributed by atoms with van der Waals surface area (Å²) in [6.07, 6.45) is 5.36. The van der Waals surface area contributed by atoms with Gasteiger partial charge < -0.3 is 20.3 Å². The zero-order valence-corrected chi connectivity index (χ0v) is 23.4. The van der Waals surface area contributed by atoms with Crippen LogP contribution >= 0.6 is 11.6 Å². The van der Waals surface area contributed by atoms with Crippen LogP contribution in [0.15, 0.2) is 67.0 Å². The number of piperazine rings is 1. The van der Waals surface area contributed by atoms with Crippen LogP contribution in [0.1, 0.15) is 5.56 Å². The first-order chi connectivity index (χ1) is 19.3. The van der Waals surface area contributed by atoms with Crippen LogP contribution in [0.5, 0.6) is 5.75 Å². The van der Waals surface area contributed by atoms with Crippen LogP contribution in [0.3, 0.4) is 0 Å². The molecule has 4 aromatic rings. The Morgan fingerprint density at radius 2 is 1.75 bits per heavy atom. The summed E-state index contributed by atoms with van der Waals surface area (Å²) in [7, 11) is -3.18. The average molecular weight is 578 g/mol. The highest BCUT2D eigenvalue weighted by atomic mass is 35.5. The molecular formula is C28H28ClN7O3S. The molecule has 0 atom stereocenters. The van der Waals surface area contributed by atoms with E-state index in [4.69, 9.17) is 21.3 Å². The average Bonchev–Trinajstić information content (AvgIpc) is 2.94. The van der Waals surface area contributed by atoms with Crippen LogP contribution in [-0.2, 0) is 16.4 Å². The van der Waals surface area contributed by atoms with Crippen molar-refractivity contribution in [1.82, 2.24) is 19.3 Å². The molecule has 6 rings (SSSR count). The van der Waals surface area contributed by atoms with Gasteiger partial charge in [0.2, 0.25) is 16.0 Å². The molecule has 4 heterocycles. The number of pyridine rings is 1. The summed E-state index contributed by atoms with van der Waals surface area (Å²) in [4.78, 5) is 15.8. The Morgan fingerprint density at radius 1 is 0.900 bits per heavy atom. The molecule has 10 nitrogen and oxygen atoms in total. The molecule has 2 aromatic carbocycles. The molecule has 0 unspecified atom stereocenters. The summed E-state index contributed by atoms with van der Waals surface area (Å²) < 4.78 is 31.2. The third-order valence-corrected chi connectivity index (χ3v) is 8.44. The first-order valence-electron chi connectivity index (χ1n) is 12.9. The first kappa shape index (κ1) is 26.3. The van der Waals surface area contributed by atoms with Gasteiger partial charge in [0.05, 0.1) is 19.1 Å². The summed E-state index contributed by atoms with van der Waals surface area (Å²) in [6, 6.07) is 17.9. The zero-order chi connectivity index (χ0) is 27.7. The van der Waals surface area contributed by atoms with Crippen molar-refractivity contribution in [2.45, 2.75) is 6.42 Å². The summed E-state index contributed by atoms with van der Waals surface area (Å²) >= 11 is 6.37. The number of hydrogen-bond acceptors (Lipinski definition) is 9. The number of ether oxygens (including phenoxy) is 1.